The lowest BCUT2D eigenvalue weighted by Gasteiger charge is -2.14. The molecule has 130 valence electrons. The van der Waals surface area contributed by atoms with Crippen LogP contribution in [-0.4, -0.2) is 21.1 Å². The summed E-state index contributed by atoms with van der Waals surface area (Å²) in [5, 5.41) is 3.19. The topological polar surface area (TPSA) is 42.7 Å². The Labute approximate surface area is 140 Å². The average molecular weight is 350 g/mol. The summed E-state index contributed by atoms with van der Waals surface area (Å²) in [6.07, 6.45) is -2.02. The molecule has 0 amide bonds. The van der Waals surface area contributed by atoms with Crippen molar-refractivity contribution in [2.45, 2.75) is 25.7 Å². The van der Waals surface area contributed by atoms with Crippen molar-refractivity contribution in [1.82, 2.24) is 14.5 Å². The smallest absolute Gasteiger partial charge is 0.302 e. The van der Waals surface area contributed by atoms with E-state index >= 15 is 0 Å². The highest BCUT2D eigenvalue weighted by molar-refractivity contribution is 5.75. The van der Waals surface area contributed by atoms with Gasteiger partial charge in [0.15, 0.2) is 11.5 Å². The molecule has 0 fully saturated rings. The van der Waals surface area contributed by atoms with E-state index < -0.39 is 23.9 Å². The molecule has 0 aliphatic carbocycles. The molecule has 1 aliphatic rings. The van der Waals surface area contributed by atoms with Crippen molar-refractivity contribution in [3.05, 3.63) is 47.4 Å². The van der Waals surface area contributed by atoms with Gasteiger partial charge in [-0.05, 0) is 42.3 Å². The first-order chi connectivity index (χ1) is 11.8. The molecule has 4 nitrogen and oxygen atoms in total. The first-order valence-electron chi connectivity index (χ1n) is 7.77. The maximum absolute atomic E-state index is 14.1. The number of halogens is 4. The van der Waals surface area contributed by atoms with Crippen molar-refractivity contribution < 1.29 is 17.6 Å². The second-order valence-electron chi connectivity index (χ2n) is 6.06. The Hall–Kier alpha value is -2.64. The van der Waals surface area contributed by atoms with Gasteiger partial charge in [0.25, 0.3) is 6.43 Å². The lowest BCUT2D eigenvalue weighted by atomic mass is 10.1. The minimum Gasteiger partial charge on any atom is -0.384 e. The molecule has 0 spiro atoms. The quantitative estimate of drug-likeness (QED) is 0.710. The van der Waals surface area contributed by atoms with E-state index in [1.807, 2.05) is 0 Å². The van der Waals surface area contributed by atoms with E-state index in [-0.39, 0.29) is 11.2 Å². The van der Waals surface area contributed by atoms with Crippen molar-refractivity contribution >= 4 is 16.9 Å². The van der Waals surface area contributed by atoms with Crippen LogP contribution in [0.15, 0.2) is 30.3 Å². The summed E-state index contributed by atoms with van der Waals surface area (Å²) in [5.74, 6) is -3.77. The molecular formula is C17H14F4N4. The minimum absolute atomic E-state index is 0.000214. The monoisotopic (exact) mass is 350 g/mol. The summed E-state index contributed by atoms with van der Waals surface area (Å²) < 4.78 is 55.4. The summed E-state index contributed by atoms with van der Waals surface area (Å²) in [5.41, 5.74) is 2.04. The van der Waals surface area contributed by atoms with Gasteiger partial charge in [-0.3, -0.25) is 4.57 Å². The van der Waals surface area contributed by atoms with Gasteiger partial charge >= 0.3 is 5.92 Å². The van der Waals surface area contributed by atoms with Crippen molar-refractivity contribution in [3.8, 4) is 5.69 Å². The van der Waals surface area contributed by atoms with Gasteiger partial charge in [-0.2, -0.15) is 8.78 Å². The molecule has 0 atom stereocenters. The van der Waals surface area contributed by atoms with Crippen LogP contribution in [0.2, 0.25) is 0 Å². The number of rotatable bonds is 3. The van der Waals surface area contributed by atoms with Crippen LogP contribution < -0.4 is 5.32 Å². The normalized spacial score (nSPS) is 14.2. The third kappa shape index (κ3) is 2.61. The van der Waals surface area contributed by atoms with E-state index in [0.717, 1.165) is 37.2 Å². The van der Waals surface area contributed by atoms with Crippen molar-refractivity contribution in [3.63, 3.8) is 0 Å². The summed E-state index contributed by atoms with van der Waals surface area (Å²) >= 11 is 0. The molecule has 3 aromatic rings. The predicted molar refractivity (Wildman–Crippen MR) is 85.6 cm³/mol. The molecule has 1 aliphatic heterocycles. The molecule has 25 heavy (non-hydrogen) atoms. The van der Waals surface area contributed by atoms with Gasteiger partial charge in [0.1, 0.15) is 11.2 Å². The fourth-order valence-electron chi connectivity index (χ4n) is 3.06. The molecule has 2 aromatic heterocycles. The molecule has 1 aromatic carbocycles. The van der Waals surface area contributed by atoms with Crippen LogP contribution in [0.1, 0.15) is 30.4 Å². The summed E-state index contributed by atoms with van der Waals surface area (Å²) in [6, 6.07) is 7.61. The van der Waals surface area contributed by atoms with Crippen molar-refractivity contribution in [2.75, 3.05) is 11.9 Å². The number of fused-ring (bicyclic) bond motifs is 2. The first-order valence-corrected chi connectivity index (χ1v) is 7.77. The van der Waals surface area contributed by atoms with Gasteiger partial charge in [0.05, 0.1) is 0 Å². The molecular weight excluding hydrogens is 336 g/mol. The first kappa shape index (κ1) is 15.9. The third-order valence-corrected chi connectivity index (χ3v) is 4.20. The number of imidazole rings is 1. The Balaban J connectivity index is 2.00. The van der Waals surface area contributed by atoms with E-state index in [1.165, 1.54) is 10.6 Å². The Morgan fingerprint density at radius 3 is 2.68 bits per heavy atom. The number of pyridine rings is 1. The number of hydrogen-bond donors (Lipinski definition) is 1. The van der Waals surface area contributed by atoms with Gasteiger partial charge in [0.2, 0.25) is 0 Å². The maximum Gasteiger partial charge on any atom is 0.302 e. The maximum atomic E-state index is 14.1. The van der Waals surface area contributed by atoms with E-state index in [4.69, 9.17) is 0 Å². The summed E-state index contributed by atoms with van der Waals surface area (Å²) in [6.45, 7) is 1.50. The number of nitrogens with zero attached hydrogens (tertiary/aromatic N) is 3. The number of nitrogens with one attached hydrogen (secondary N) is 1. The fourth-order valence-corrected chi connectivity index (χ4v) is 3.06. The van der Waals surface area contributed by atoms with E-state index in [1.54, 1.807) is 18.2 Å². The van der Waals surface area contributed by atoms with Crippen LogP contribution in [0, 0.1) is 0 Å². The SMILES string of the molecule is CC(F)(F)c1nc2ccc(C(F)F)nc2n1-c1ccc2c(c1)CCN2. The van der Waals surface area contributed by atoms with Crippen molar-refractivity contribution in [1.29, 1.82) is 0 Å². The highest BCUT2D eigenvalue weighted by Crippen LogP contribution is 2.34. The van der Waals surface area contributed by atoms with Crippen molar-refractivity contribution in [2.24, 2.45) is 0 Å². The van der Waals surface area contributed by atoms with Crippen LogP contribution in [0.4, 0.5) is 23.2 Å². The summed E-state index contributed by atoms with van der Waals surface area (Å²) in [7, 11) is 0. The molecule has 8 heteroatoms. The zero-order valence-corrected chi connectivity index (χ0v) is 13.2. The number of aromatic nitrogens is 3. The van der Waals surface area contributed by atoms with Gasteiger partial charge in [0, 0.05) is 24.8 Å². The third-order valence-electron chi connectivity index (χ3n) is 4.20. The Kier molecular flexibility index (Phi) is 3.45. The molecule has 1 N–H and O–H groups in total. The number of benzene rings is 1. The number of anilines is 1. The molecule has 0 saturated carbocycles. The van der Waals surface area contributed by atoms with Gasteiger partial charge in [-0.1, -0.05) is 0 Å². The van der Waals surface area contributed by atoms with Crippen LogP contribution in [-0.2, 0) is 12.3 Å². The molecule has 0 unspecified atom stereocenters. The molecule has 4 rings (SSSR count). The van der Waals surface area contributed by atoms with Crippen LogP contribution in [0.25, 0.3) is 16.9 Å². The van der Waals surface area contributed by atoms with Gasteiger partial charge < -0.3 is 5.32 Å². The molecule has 3 heterocycles. The largest absolute Gasteiger partial charge is 0.384 e. The van der Waals surface area contributed by atoms with E-state index in [0.29, 0.717) is 5.69 Å². The number of hydrogen-bond acceptors (Lipinski definition) is 3. The second-order valence-corrected chi connectivity index (χ2v) is 6.06. The molecule has 0 bridgehead atoms. The Bertz CT molecular complexity index is 959. The zero-order valence-electron chi connectivity index (χ0n) is 13.2. The second kappa shape index (κ2) is 5.44. The highest BCUT2D eigenvalue weighted by atomic mass is 19.3. The van der Waals surface area contributed by atoms with Crippen LogP contribution in [0.5, 0.6) is 0 Å². The Morgan fingerprint density at radius 2 is 1.96 bits per heavy atom. The highest BCUT2D eigenvalue weighted by Gasteiger charge is 2.33. The summed E-state index contributed by atoms with van der Waals surface area (Å²) in [4.78, 5) is 7.82. The van der Waals surface area contributed by atoms with Crippen LogP contribution in [0.3, 0.4) is 0 Å². The minimum atomic E-state index is -3.25. The van der Waals surface area contributed by atoms with Gasteiger partial charge in [-0.15, -0.1) is 0 Å². The standard InChI is InChI=1S/C17H14F4N4/c1-17(20,21)16-24-13-5-4-12(14(18)19)23-15(13)25(16)10-2-3-11-9(8-10)6-7-22-11/h2-5,8,14,22H,6-7H2,1H3. The Morgan fingerprint density at radius 1 is 1.16 bits per heavy atom. The molecule has 0 saturated heterocycles. The van der Waals surface area contributed by atoms with Crippen LogP contribution >= 0.6 is 0 Å². The van der Waals surface area contributed by atoms with Gasteiger partial charge in [-0.25, -0.2) is 18.7 Å². The predicted octanol–water partition coefficient (Wildman–Crippen LogP) is 4.44. The fraction of sp³-hybridized carbons (Fsp3) is 0.294. The average Bonchev–Trinajstić information content (AvgIpc) is 3.17. The number of alkyl halides is 4. The lowest BCUT2D eigenvalue weighted by Crippen LogP contribution is -2.15. The zero-order chi connectivity index (χ0) is 17.8. The van der Waals surface area contributed by atoms with E-state index in [2.05, 4.69) is 15.3 Å². The van der Waals surface area contributed by atoms with E-state index in [9.17, 15) is 17.6 Å². The molecule has 0 radical (unpaired) electrons. The lowest BCUT2D eigenvalue weighted by molar-refractivity contribution is 0.00667.